The molecule has 0 bridgehead atoms. The van der Waals surface area contributed by atoms with Crippen molar-refractivity contribution in [2.75, 3.05) is 25.6 Å². The molecule has 0 spiro atoms. The van der Waals surface area contributed by atoms with Crippen LogP contribution in [0.15, 0.2) is 18.2 Å². The minimum absolute atomic E-state index is 0.125. The van der Waals surface area contributed by atoms with Crippen molar-refractivity contribution in [2.24, 2.45) is 5.92 Å². The molecule has 19 heavy (non-hydrogen) atoms. The summed E-state index contributed by atoms with van der Waals surface area (Å²) in [7, 11) is 3.64. The maximum absolute atomic E-state index is 9.97. The van der Waals surface area contributed by atoms with Crippen LogP contribution in [0.4, 0.5) is 5.69 Å². The lowest BCUT2D eigenvalue weighted by molar-refractivity contribution is 0.0464. The van der Waals surface area contributed by atoms with Crippen molar-refractivity contribution in [3.05, 3.63) is 23.8 Å². The lowest BCUT2D eigenvalue weighted by Gasteiger charge is -2.36. The Morgan fingerprint density at radius 2 is 2.11 bits per heavy atom. The van der Waals surface area contributed by atoms with E-state index >= 15 is 0 Å². The molecule has 0 unspecified atom stereocenters. The molecule has 2 N–H and O–H groups in total. The smallest absolute Gasteiger partial charge is 0.126 e. The molecule has 1 aromatic rings. The predicted molar refractivity (Wildman–Crippen MR) is 75.6 cm³/mol. The van der Waals surface area contributed by atoms with E-state index < -0.39 is 6.10 Å². The second-order valence-corrected chi connectivity index (χ2v) is 5.44. The van der Waals surface area contributed by atoms with Crippen LogP contribution < -0.4 is 9.64 Å². The average Bonchev–Trinajstić information content (AvgIpc) is 2.35. The molecule has 4 nitrogen and oxygen atoms in total. The number of anilines is 1. The van der Waals surface area contributed by atoms with Crippen LogP contribution in [0.2, 0.25) is 0 Å². The van der Waals surface area contributed by atoms with E-state index in [1.165, 1.54) is 0 Å². The average molecular weight is 265 g/mol. The monoisotopic (exact) mass is 265 g/mol. The van der Waals surface area contributed by atoms with Gasteiger partial charge in [0, 0.05) is 24.8 Å². The van der Waals surface area contributed by atoms with E-state index in [1.54, 1.807) is 14.0 Å². The first-order valence-corrected chi connectivity index (χ1v) is 6.77. The summed E-state index contributed by atoms with van der Waals surface area (Å²) in [5, 5.41) is 19.3. The quantitative estimate of drug-likeness (QED) is 0.854. The highest BCUT2D eigenvalue weighted by Gasteiger charge is 2.29. The summed E-state index contributed by atoms with van der Waals surface area (Å²) in [5.41, 5.74) is 1.82. The fourth-order valence-corrected chi connectivity index (χ4v) is 2.80. The first-order valence-electron chi connectivity index (χ1n) is 6.77. The second kappa shape index (κ2) is 5.80. The third-order valence-electron chi connectivity index (χ3n) is 3.83. The molecule has 2 rings (SSSR count). The van der Waals surface area contributed by atoms with Gasteiger partial charge in [-0.3, -0.25) is 0 Å². The Bertz CT molecular complexity index is 427. The van der Waals surface area contributed by atoms with Crippen LogP contribution in [-0.4, -0.2) is 37.0 Å². The summed E-state index contributed by atoms with van der Waals surface area (Å²) in [6, 6.07) is 5.80. The number of aliphatic hydroxyl groups is 2. The Morgan fingerprint density at radius 3 is 2.63 bits per heavy atom. The van der Waals surface area contributed by atoms with Crippen molar-refractivity contribution >= 4 is 5.69 Å². The van der Waals surface area contributed by atoms with Gasteiger partial charge in [-0.05, 0) is 37.8 Å². The summed E-state index contributed by atoms with van der Waals surface area (Å²) in [4.78, 5) is 2.14. The van der Waals surface area contributed by atoms with E-state index in [2.05, 4.69) is 4.90 Å². The number of benzene rings is 1. The van der Waals surface area contributed by atoms with Crippen LogP contribution in [0, 0.1) is 5.92 Å². The first-order chi connectivity index (χ1) is 9.02. The molecule has 1 saturated carbocycles. The van der Waals surface area contributed by atoms with E-state index in [1.807, 2.05) is 25.2 Å². The van der Waals surface area contributed by atoms with Crippen molar-refractivity contribution in [3.8, 4) is 5.75 Å². The lowest BCUT2D eigenvalue weighted by atomic mass is 9.82. The van der Waals surface area contributed by atoms with Gasteiger partial charge in [-0.25, -0.2) is 0 Å². The fourth-order valence-electron chi connectivity index (χ4n) is 2.80. The summed E-state index contributed by atoms with van der Waals surface area (Å²) >= 11 is 0. The van der Waals surface area contributed by atoms with Gasteiger partial charge in [0.2, 0.25) is 0 Å². The molecule has 106 valence electrons. The summed E-state index contributed by atoms with van der Waals surface area (Å²) in [6.45, 7) is 2.65. The van der Waals surface area contributed by atoms with Crippen LogP contribution in [-0.2, 0) is 0 Å². The van der Waals surface area contributed by atoms with Gasteiger partial charge in [0.1, 0.15) is 5.75 Å². The van der Waals surface area contributed by atoms with Gasteiger partial charge in [-0.2, -0.15) is 0 Å². The molecule has 0 saturated heterocycles. The molecule has 0 amide bonds. The minimum Gasteiger partial charge on any atom is -0.496 e. The van der Waals surface area contributed by atoms with Crippen molar-refractivity contribution < 1.29 is 14.9 Å². The van der Waals surface area contributed by atoms with Crippen molar-refractivity contribution in [2.45, 2.75) is 32.0 Å². The van der Waals surface area contributed by atoms with Crippen LogP contribution in [0.5, 0.6) is 5.75 Å². The Balaban J connectivity index is 2.18. The zero-order chi connectivity index (χ0) is 14.0. The van der Waals surface area contributed by atoms with Crippen molar-refractivity contribution in [3.63, 3.8) is 0 Å². The molecule has 1 atom stereocenters. The Hall–Kier alpha value is -1.26. The van der Waals surface area contributed by atoms with Gasteiger partial charge in [0.25, 0.3) is 0 Å². The largest absolute Gasteiger partial charge is 0.496 e. The second-order valence-electron chi connectivity index (χ2n) is 5.44. The highest BCUT2D eigenvalue weighted by molar-refractivity contribution is 5.60. The highest BCUT2D eigenvalue weighted by atomic mass is 16.5. The number of nitrogens with zero attached hydrogens (tertiary/aromatic N) is 1. The van der Waals surface area contributed by atoms with Gasteiger partial charge in [-0.15, -0.1) is 0 Å². The van der Waals surface area contributed by atoms with Crippen molar-refractivity contribution in [1.82, 2.24) is 0 Å². The van der Waals surface area contributed by atoms with Gasteiger partial charge in [0.05, 0.1) is 19.3 Å². The number of methoxy groups -OCH3 is 1. The summed E-state index contributed by atoms with van der Waals surface area (Å²) in [6.07, 6.45) is 1.05. The molecule has 4 heteroatoms. The number of hydrogen-bond donors (Lipinski definition) is 2. The standard InChI is InChI=1S/C15H23NO3/c1-10(17)15-13(5-4-6-14(15)19-3)16(2)9-11-7-12(18)8-11/h4-6,10-12,17-18H,7-9H2,1-3H3/t10-,11?,12?/m0/s1. The van der Waals surface area contributed by atoms with Crippen LogP contribution >= 0.6 is 0 Å². The molecule has 1 aromatic carbocycles. The van der Waals surface area contributed by atoms with E-state index in [-0.39, 0.29) is 6.10 Å². The molecular formula is C15H23NO3. The molecule has 1 fully saturated rings. The van der Waals surface area contributed by atoms with Gasteiger partial charge in [0.15, 0.2) is 0 Å². The number of ether oxygens (including phenoxy) is 1. The summed E-state index contributed by atoms with van der Waals surface area (Å²) in [5.74, 6) is 1.25. The minimum atomic E-state index is -0.569. The fraction of sp³-hybridized carbons (Fsp3) is 0.600. The van der Waals surface area contributed by atoms with E-state index in [0.29, 0.717) is 11.7 Å². The summed E-state index contributed by atoms with van der Waals surface area (Å²) < 4.78 is 5.33. The molecule has 0 aliphatic heterocycles. The Labute approximate surface area is 114 Å². The van der Waals surface area contributed by atoms with Crippen LogP contribution in [0.25, 0.3) is 0 Å². The number of rotatable bonds is 5. The van der Waals surface area contributed by atoms with Crippen molar-refractivity contribution in [1.29, 1.82) is 0 Å². The third kappa shape index (κ3) is 3.01. The normalized spacial score (nSPS) is 23.6. The first kappa shape index (κ1) is 14.2. The highest BCUT2D eigenvalue weighted by Crippen LogP contribution is 2.36. The zero-order valence-electron chi connectivity index (χ0n) is 11.8. The SMILES string of the molecule is COc1cccc(N(C)CC2CC(O)C2)c1[C@H](C)O. The van der Waals surface area contributed by atoms with Crippen LogP contribution in [0.3, 0.4) is 0 Å². The van der Waals surface area contributed by atoms with E-state index in [9.17, 15) is 10.2 Å². The maximum Gasteiger partial charge on any atom is 0.126 e. The maximum atomic E-state index is 9.97. The van der Waals surface area contributed by atoms with Crippen LogP contribution in [0.1, 0.15) is 31.4 Å². The third-order valence-corrected chi connectivity index (χ3v) is 3.83. The number of hydrogen-bond acceptors (Lipinski definition) is 4. The molecule has 1 aliphatic carbocycles. The zero-order valence-corrected chi connectivity index (χ0v) is 11.8. The molecule has 1 aliphatic rings. The van der Waals surface area contributed by atoms with Gasteiger partial charge in [-0.1, -0.05) is 6.07 Å². The number of aliphatic hydroxyl groups excluding tert-OH is 2. The topological polar surface area (TPSA) is 52.9 Å². The Morgan fingerprint density at radius 1 is 1.42 bits per heavy atom. The predicted octanol–water partition coefficient (Wildman–Crippen LogP) is 1.96. The molecule has 0 radical (unpaired) electrons. The van der Waals surface area contributed by atoms with Gasteiger partial charge >= 0.3 is 0 Å². The van der Waals surface area contributed by atoms with Gasteiger partial charge < -0.3 is 19.8 Å². The molecular weight excluding hydrogens is 242 g/mol. The van der Waals surface area contributed by atoms with E-state index in [4.69, 9.17) is 4.74 Å². The Kier molecular flexibility index (Phi) is 4.32. The lowest BCUT2D eigenvalue weighted by Crippen LogP contribution is -2.37. The molecule has 0 aromatic heterocycles. The van der Waals surface area contributed by atoms with E-state index in [0.717, 1.165) is 30.6 Å². The molecule has 0 heterocycles.